The number of rotatable bonds is 5. The van der Waals surface area contributed by atoms with Gasteiger partial charge in [0.25, 0.3) is 5.69 Å². The van der Waals surface area contributed by atoms with Crippen LogP contribution in [-0.4, -0.2) is 17.8 Å². The monoisotopic (exact) mass is 269 g/mol. The Morgan fingerprint density at radius 2 is 2.00 bits per heavy atom. The van der Waals surface area contributed by atoms with E-state index in [-0.39, 0.29) is 23.0 Å². The Labute approximate surface area is 110 Å². The van der Waals surface area contributed by atoms with Gasteiger partial charge in [-0.1, -0.05) is 13.8 Å². The van der Waals surface area contributed by atoms with Gasteiger partial charge < -0.3 is 4.74 Å². The van der Waals surface area contributed by atoms with Gasteiger partial charge in [0.05, 0.1) is 24.0 Å². The maximum absolute atomic E-state index is 13.5. The van der Waals surface area contributed by atoms with Crippen LogP contribution in [0.5, 0.6) is 5.75 Å². The van der Waals surface area contributed by atoms with Crippen LogP contribution in [0.2, 0.25) is 0 Å². The summed E-state index contributed by atoms with van der Waals surface area (Å²) in [6, 6.07) is 2.03. The fourth-order valence-electron chi connectivity index (χ4n) is 2.17. The number of carbonyl (C=O) groups is 1. The summed E-state index contributed by atoms with van der Waals surface area (Å²) < 4.78 is 18.4. The summed E-state index contributed by atoms with van der Waals surface area (Å²) in [6.07, 6.45) is 0. The average Bonchev–Trinajstić information content (AvgIpc) is 2.29. The number of halogens is 1. The van der Waals surface area contributed by atoms with E-state index in [4.69, 9.17) is 4.74 Å². The van der Waals surface area contributed by atoms with Crippen molar-refractivity contribution in [2.24, 2.45) is 5.92 Å². The molecule has 1 rings (SSSR count). The number of benzene rings is 1. The van der Waals surface area contributed by atoms with E-state index >= 15 is 0 Å². The molecule has 0 bridgehead atoms. The second kappa shape index (κ2) is 5.77. The van der Waals surface area contributed by atoms with Crippen LogP contribution in [0, 0.1) is 21.8 Å². The molecule has 0 aliphatic carbocycles. The lowest BCUT2D eigenvalue weighted by molar-refractivity contribution is -0.385. The standard InChI is InChI=1S/C13H16FNO4/c1-7(2)13(8(3)16)9-5-12(19-4)10(14)6-11(9)15(17)18/h5-7,13H,1-4H3. The van der Waals surface area contributed by atoms with E-state index in [1.807, 2.05) is 0 Å². The molecule has 104 valence electrons. The molecule has 0 fully saturated rings. The molecule has 0 N–H and O–H groups in total. The van der Waals surface area contributed by atoms with Gasteiger partial charge in [-0.15, -0.1) is 0 Å². The van der Waals surface area contributed by atoms with Crippen molar-refractivity contribution in [3.05, 3.63) is 33.6 Å². The molecule has 0 aliphatic heterocycles. The Hall–Kier alpha value is -1.98. The Morgan fingerprint density at radius 1 is 1.42 bits per heavy atom. The van der Waals surface area contributed by atoms with E-state index in [0.29, 0.717) is 0 Å². The minimum absolute atomic E-state index is 0.104. The second-order valence-electron chi connectivity index (χ2n) is 4.64. The number of carbonyl (C=O) groups excluding carboxylic acids is 1. The van der Waals surface area contributed by atoms with E-state index in [1.165, 1.54) is 20.1 Å². The molecule has 0 saturated carbocycles. The molecular weight excluding hydrogens is 253 g/mol. The number of methoxy groups -OCH3 is 1. The number of Topliss-reactive ketones (excluding diaryl/α,β-unsaturated/α-hetero) is 1. The lowest BCUT2D eigenvalue weighted by Crippen LogP contribution is -2.17. The third-order valence-corrected chi connectivity index (χ3v) is 2.94. The quantitative estimate of drug-likeness (QED) is 0.608. The second-order valence-corrected chi connectivity index (χ2v) is 4.64. The fourth-order valence-corrected chi connectivity index (χ4v) is 2.17. The highest BCUT2D eigenvalue weighted by Crippen LogP contribution is 2.36. The molecule has 0 aliphatic rings. The third-order valence-electron chi connectivity index (χ3n) is 2.94. The minimum Gasteiger partial charge on any atom is -0.494 e. The fraction of sp³-hybridized carbons (Fsp3) is 0.462. The normalized spacial score (nSPS) is 12.3. The maximum Gasteiger partial charge on any atom is 0.276 e. The highest BCUT2D eigenvalue weighted by Gasteiger charge is 2.30. The average molecular weight is 269 g/mol. The summed E-state index contributed by atoms with van der Waals surface area (Å²) in [5.74, 6) is -1.91. The van der Waals surface area contributed by atoms with Crippen molar-refractivity contribution >= 4 is 11.5 Å². The zero-order valence-electron chi connectivity index (χ0n) is 11.3. The zero-order chi connectivity index (χ0) is 14.7. The van der Waals surface area contributed by atoms with Crippen LogP contribution in [0.15, 0.2) is 12.1 Å². The molecule has 0 amide bonds. The molecule has 6 heteroatoms. The Balaban J connectivity index is 3.53. The van der Waals surface area contributed by atoms with Crippen molar-refractivity contribution < 1.29 is 18.8 Å². The predicted molar refractivity (Wildman–Crippen MR) is 67.9 cm³/mol. The highest BCUT2D eigenvalue weighted by atomic mass is 19.1. The summed E-state index contributed by atoms with van der Waals surface area (Å²) >= 11 is 0. The summed E-state index contributed by atoms with van der Waals surface area (Å²) in [5, 5.41) is 11.0. The van der Waals surface area contributed by atoms with Gasteiger partial charge in [0.15, 0.2) is 11.6 Å². The van der Waals surface area contributed by atoms with Crippen LogP contribution in [-0.2, 0) is 4.79 Å². The van der Waals surface area contributed by atoms with Gasteiger partial charge in [0.2, 0.25) is 0 Å². The maximum atomic E-state index is 13.5. The molecular formula is C13H16FNO4. The summed E-state index contributed by atoms with van der Waals surface area (Å²) in [7, 11) is 1.27. The van der Waals surface area contributed by atoms with Gasteiger partial charge >= 0.3 is 0 Å². The number of ether oxygens (including phenoxy) is 1. The first-order chi connectivity index (χ1) is 8.79. The number of nitro groups is 1. The van der Waals surface area contributed by atoms with Gasteiger partial charge in [-0.2, -0.15) is 0 Å². The Bertz CT molecular complexity index is 514. The van der Waals surface area contributed by atoms with Crippen molar-refractivity contribution in [1.29, 1.82) is 0 Å². The van der Waals surface area contributed by atoms with Crippen LogP contribution < -0.4 is 4.74 Å². The van der Waals surface area contributed by atoms with Crippen molar-refractivity contribution in [2.45, 2.75) is 26.7 Å². The molecule has 5 nitrogen and oxygen atoms in total. The number of ketones is 1. The van der Waals surface area contributed by atoms with Crippen molar-refractivity contribution in [3.63, 3.8) is 0 Å². The minimum atomic E-state index is -0.816. The van der Waals surface area contributed by atoms with Crippen LogP contribution in [0.25, 0.3) is 0 Å². The molecule has 1 unspecified atom stereocenters. The van der Waals surface area contributed by atoms with E-state index in [2.05, 4.69) is 0 Å². The largest absolute Gasteiger partial charge is 0.494 e. The first-order valence-electron chi connectivity index (χ1n) is 5.81. The topological polar surface area (TPSA) is 69.4 Å². The van der Waals surface area contributed by atoms with E-state index in [9.17, 15) is 19.3 Å². The van der Waals surface area contributed by atoms with Crippen molar-refractivity contribution in [1.82, 2.24) is 0 Å². The van der Waals surface area contributed by atoms with Crippen LogP contribution in [0.4, 0.5) is 10.1 Å². The number of hydrogen-bond donors (Lipinski definition) is 0. The number of nitrogens with zero attached hydrogens (tertiary/aromatic N) is 1. The summed E-state index contributed by atoms with van der Waals surface area (Å²) in [6.45, 7) is 4.93. The van der Waals surface area contributed by atoms with E-state index in [0.717, 1.165) is 6.07 Å². The number of hydrogen-bond acceptors (Lipinski definition) is 4. The first-order valence-corrected chi connectivity index (χ1v) is 5.81. The van der Waals surface area contributed by atoms with Gasteiger partial charge in [0.1, 0.15) is 5.78 Å². The predicted octanol–water partition coefficient (Wildman–Crippen LogP) is 3.07. The number of nitro benzene ring substituents is 1. The Kier molecular flexibility index (Phi) is 4.58. The smallest absolute Gasteiger partial charge is 0.276 e. The molecule has 0 aromatic heterocycles. The Morgan fingerprint density at radius 3 is 2.37 bits per heavy atom. The van der Waals surface area contributed by atoms with Crippen LogP contribution >= 0.6 is 0 Å². The highest BCUT2D eigenvalue weighted by molar-refractivity contribution is 5.85. The lowest BCUT2D eigenvalue weighted by Gasteiger charge is -2.19. The van der Waals surface area contributed by atoms with Crippen molar-refractivity contribution in [2.75, 3.05) is 7.11 Å². The van der Waals surface area contributed by atoms with Crippen LogP contribution in [0.3, 0.4) is 0 Å². The molecule has 19 heavy (non-hydrogen) atoms. The van der Waals surface area contributed by atoms with Gasteiger partial charge in [-0.05, 0) is 18.9 Å². The molecule has 0 heterocycles. The SMILES string of the molecule is COc1cc(C(C(C)=O)C(C)C)c([N+](=O)[O-])cc1F. The van der Waals surface area contributed by atoms with Gasteiger partial charge in [-0.3, -0.25) is 14.9 Å². The molecule has 1 aromatic rings. The third kappa shape index (κ3) is 3.07. The molecule has 0 spiro atoms. The molecule has 0 radical (unpaired) electrons. The molecule has 1 atom stereocenters. The lowest BCUT2D eigenvalue weighted by atomic mass is 9.84. The molecule has 0 saturated heterocycles. The van der Waals surface area contributed by atoms with Crippen LogP contribution in [0.1, 0.15) is 32.3 Å². The van der Waals surface area contributed by atoms with Crippen molar-refractivity contribution in [3.8, 4) is 5.75 Å². The van der Waals surface area contributed by atoms with E-state index in [1.54, 1.807) is 13.8 Å². The van der Waals surface area contributed by atoms with Gasteiger partial charge in [-0.25, -0.2) is 4.39 Å². The zero-order valence-corrected chi connectivity index (χ0v) is 11.3. The summed E-state index contributed by atoms with van der Waals surface area (Å²) in [4.78, 5) is 22.0. The van der Waals surface area contributed by atoms with Gasteiger partial charge in [0, 0.05) is 5.56 Å². The van der Waals surface area contributed by atoms with E-state index < -0.39 is 22.3 Å². The molecule has 1 aromatic carbocycles. The summed E-state index contributed by atoms with van der Waals surface area (Å²) in [5.41, 5.74) is -0.210. The first kappa shape index (κ1) is 15.1.